The first-order chi connectivity index (χ1) is 13.5. The van der Waals surface area contributed by atoms with Crippen LogP contribution in [0.2, 0.25) is 0 Å². The first-order valence-electron chi connectivity index (χ1n) is 9.73. The van der Waals surface area contributed by atoms with Crippen molar-refractivity contribution >= 4 is 26.6 Å². The summed E-state index contributed by atoms with van der Waals surface area (Å²) in [6.07, 6.45) is 4.39. The Morgan fingerprint density at radius 1 is 1.04 bits per heavy atom. The molecule has 1 N–H and O–H groups in total. The van der Waals surface area contributed by atoms with Crippen LogP contribution in [0.25, 0.3) is 10.9 Å². The zero-order valence-corrected chi connectivity index (χ0v) is 16.5. The normalized spacial score (nSPS) is 20.9. The van der Waals surface area contributed by atoms with Gasteiger partial charge in [-0.25, -0.2) is 8.42 Å². The standard InChI is InChI=1S/C22H22N2O3S/c1-14-9-11-15(12-10-14)28(26,27)23-19-13-21(25)24-20-8-3-2-5-16(20)17-6-4-7-18(19)22(17)24/h4,6-7,9-13,16,20,23H,2-3,5,8H2,1H3. The zero-order valence-electron chi connectivity index (χ0n) is 15.7. The lowest BCUT2D eigenvalue weighted by molar-refractivity contribution is 0.326. The van der Waals surface area contributed by atoms with E-state index in [4.69, 9.17) is 0 Å². The van der Waals surface area contributed by atoms with Gasteiger partial charge < -0.3 is 4.57 Å². The van der Waals surface area contributed by atoms with Crippen molar-refractivity contribution in [3.63, 3.8) is 0 Å². The molecule has 2 aliphatic rings. The van der Waals surface area contributed by atoms with Crippen molar-refractivity contribution in [3.05, 3.63) is 70.0 Å². The fourth-order valence-corrected chi connectivity index (χ4v) is 5.92. The molecule has 1 aliphatic heterocycles. The van der Waals surface area contributed by atoms with Gasteiger partial charge in [0, 0.05) is 23.4 Å². The predicted octanol–water partition coefficient (Wildman–Crippen LogP) is 4.32. The molecule has 0 spiro atoms. The summed E-state index contributed by atoms with van der Waals surface area (Å²) < 4.78 is 30.3. The van der Waals surface area contributed by atoms with Crippen LogP contribution in [-0.2, 0) is 10.0 Å². The van der Waals surface area contributed by atoms with Crippen molar-refractivity contribution in [1.29, 1.82) is 0 Å². The molecule has 2 atom stereocenters. The number of aromatic nitrogens is 1. The molecule has 1 fully saturated rings. The lowest BCUT2D eigenvalue weighted by atomic mass is 9.82. The molecule has 144 valence electrons. The number of aryl methyl sites for hydroxylation is 1. The largest absolute Gasteiger partial charge is 0.304 e. The monoisotopic (exact) mass is 394 g/mol. The van der Waals surface area contributed by atoms with Gasteiger partial charge in [-0.05, 0) is 37.5 Å². The summed E-state index contributed by atoms with van der Waals surface area (Å²) in [5.41, 5.74) is 3.29. The molecule has 2 aromatic carbocycles. The molecule has 1 aliphatic carbocycles. The number of para-hydroxylation sites is 1. The van der Waals surface area contributed by atoms with E-state index in [1.165, 1.54) is 18.1 Å². The minimum Gasteiger partial charge on any atom is -0.304 e. The minimum atomic E-state index is -3.77. The van der Waals surface area contributed by atoms with Gasteiger partial charge >= 0.3 is 0 Å². The molecule has 3 aromatic rings. The Hall–Kier alpha value is -2.60. The number of pyridine rings is 1. The van der Waals surface area contributed by atoms with Gasteiger partial charge in [0.15, 0.2) is 0 Å². The first-order valence-corrected chi connectivity index (χ1v) is 11.2. The molecule has 28 heavy (non-hydrogen) atoms. The van der Waals surface area contributed by atoms with Gasteiger partial charge in [0.1, 0.15) is 0 Å². The average Bonchev–Trinajstić information content (AvgIpc) is 3.02. The molecule has 2 unspecified atom stereocenters. The summed E-state index contributed by atoms with van der Waals surface area (Å²) in [6, 6.07) is 14.3. The van der Waals surface area contributed by atoms with Crippen molar-refractivity contribution < 1.29 is 8.42 Å². The van der Waals surface area contributed by atoms with Gasteiger partial charge in [-0.3, -0.25) is 9.52 Å². The van der Waals surface area contributed by atoms with Crippen LogP contribution in [0, 0.1) is 6.92 Å². The number of sulfonamides is 1. The Morgan fingerprint density at radius 3 is 2.57 bits per heavy atom. The van der Waals surface area contributed by atoms with Gasteiger partial charge in [-0.1, -0.05) is 48.7 Å². The Balaban J connectivity index is 1.66. The van der Waals surface area contributed by atoms with Gasteiger partial charge in [0.05, 0.1) is 16.1 Å². The summed E-state index contributed by atoms with van der Waals surface area (Å²) in [6.45, 7) is 1.91. The summed E-state index contributed by atoms with van der Waals surface area (Å²) in [5.74, 6) is 0.356. The van der Waals surface area contributed by atoms with Crippen LogP contribution in [0.15, 0.2) is 58.2 Å². The molecule has 5 rings (SSSR count). The highest BCUT2D eigenvalue weighted by atomic mass is 32.2. The molecule has 0 bridgehead atoms. The second-order valence-corrected chi connectivity index (χ2v) is 9.57. The van der Waals surface area contributed by atoms with Crippen LogP contribution in [-0.4, -0.2) is 13.0 Å². The van der Waals surface area contributed by atoms with Gasteiger partial charge in [-0.15, -0.1) is 0 Å². The van der Waals surface area contributed by atoms with Crippen molar-refractivity contribution in [3.8, 4) is 0 Å². The number of anilines is 1. The minimum absolute atomic E-state index is 0.129. The maximum atomic E-state index is 13.0. The van der Waals surface area contributed by atoms with Crippen molar-refractivity contribution in [2.45, 2.75) is 49.5 Å². The van der Waals surface area contributed by atoms with Crippen LogP contribution in [0.1, 0.15) is 48.8 Å². The van der Waals surface area contributed by atoms with E-state index in [1.54, 1.807) is 24.3 Å². The number of nitrogens with zero attached hydrogens (tertiary/aromatic N) is 1. The summed E-state index contributed by atoms with van der Waals surface area (Å²) in [4.78, 5) is 13.2. The zero-order chi connectivity index (χ0) is 19.5. The molecule has 0 radical (unpaired) electrons. The third kappa shape index (κ3) is 2.58. The van der Waals surface area contributed by atoms with Crippen molar-refractivity contribution in [2.24, 2.45) is 0 Å². The van der Waals surface area contributed by atoms with Crippen LogP contribution in [0.5, 0.6) is 0 Å². The number of fused-ring (bicyclic) bond motifs is 3. The number of rotatable bonds is 3. The highest BCUT2D eigenvalue weighted by molar-refractivity contribution is 7.92. The topological polar surface area (TPSA) is 68.2 Å². The van der Waals surface area contributed by atoms with Crippen LogP contribution in [0.3, 0.4) is 0 Å². The Morgan fingerprint density at radius 2 is 1.79 bits per heavy atom. The molecule has 6 heteroatoms. The average molecular weight is 394 g/mol. The maximum absolute atomic E-state index is 13.0. The lowest BCUT2D eigenvalue weighted by Crippen LogP contribution is -2.26. The van der Waals surface area contributed by atoms with Gasteiger partial charge in [0.2, 0.25) is 0 Å². The molecular formula is C22H22N2O3S. The first kappa shape index (κ1) is 17.5. The van der Waals surface area contributed by atoms with Gasteiger partial charge in [-0.2, -0.15) is 0 Å². The molecule has 2 heterocycles. The number of nitrogens with one attached hydrogen (secondary N) is 1. The third-order valence-corrected chi connectivity index (χ3v) is 7.52. The third-order valence-electron chi connectivity index (χ3n) is 6.14. The lowest BCUT2D eigenvalue weighted by Gasteiger charge is -2.27. The van der Waals surface area contributed by atoms with E-state index in [0.29, 0.717) is 11.6 Å². The summed E-state index contributed by atoms with van der Waals surface area (Å²) in [7, 11) is -3.77. The number of hydrogen-bond donors (Lipinski definition) is 1. The predicted molar refractivity (Wildman–Crippen MR) is 110 cm³/mol. The van der Waals surface area contributed by atoms with Crippen LogP contribution < -0.4 is 10.3 Å². The van der Waals surface area contributed by atoms with E-state index in [1.807, 2.05) is 23.6 Å². The SMILES string of the molecule is Cc1ccc(S(=O)(=O)Nc2cc(=O)n3c4c(cccc24)C2CCCCC23)cc1. The molecule has 1 saturated carbocycles. The van der Waals surface area contributed by atoms with Crippen LogP contribution in [0.4, 0.5) is 5.69 Å². The summed E-state index contributed by atoms with van der Waals surface area (Å²) in [5, 5.41) is 0.794. The Labute approximate surface area is 164 Å². The smallest absolute Gasteiger partial charge is 0.261 e. The van der Waals surface area contributed by atoms with Crippen molar-refractivity contribution in [2.75, 3.05) is 4.72 Å². The number of hydrogen-bond acceptors (Lipinski definition) is 3. The van der Waals surface area contributed by atoms with E-state index in [0.717, 1.165) is 35.7 Å². The van der Waals surface area contributed by atoms with E-state index >= 15 is 0 Å². The van der Waals surface area contributed by atoms with E-state index in [-0.39, 0.29) is 16.5 Å². The van der Waals surface area contributed by atoms with E-state index < -0.39 is 10.0 Å². The molecule has 5 nitrogen and oxygen atoms in total. The highest BCUT2D eigenvalue weighted by Gasteiger charge is 2.37. The molecule has 0 saturated heterocycles. The van der Waals surface area contributed by atoms with E-state index in [9.17, 15) is 13.2 Å². The fourth-order valence-electron chi connectivity index (χ4n) is 4.85. The van der Waals surface area contributed by atoms with Crippen molar-refractivity contribution in [1.82, 2.24) is 4.57 Å². The maximum Gasteiger partial charge on any atom is 0.261 e. The fraction of sp³-hybridized carbons (Fsp3) is 0.318. The highest BCUT2D eigenvalue weighted by Crippen LogP contribution is 2.49. The molecule has 1 aromatic heterocycles. The van der Waals surface area contributed by atoms with E-state index in [2.05, 4.69) is 10.8 Å². The second-order valence-electron chi connectivity index (χ2n) is 7.89. The quantitative estimate of drug-likeness (QED) is 0.719. The van der Waals surface area contributed by atoms with Gasteiger partial charge in [0.25, 0.3) is 15.6 Å². The second kappa shape index (κ2) is 6.21. The summed E-state index contributed by atoms with van der Waals surface area (Å²) >= 11 is 0. The molecule has 0 amide bonds. The Bertz CT molecular complexity index is 1240. The Kier molecular flexibility index (Phi) is 3.88. The molecular weight excluding hydrogens is 372 g/mol. The van der Waals surface area contributed by atoms with Crippen LogP contribution >= 0.6 is 0 Å². The number of benzene rings is 2.